The average Bonchev–Trinajstić information content (AvgIpc) is 4.07. The molecule has 0 bridgehead atoms. The molecule has 23 heteroatoms. The summed E-state index contributed by atoms with van der Waals surface area (Å²) in [6.07, 6.45) is 3.33. The number of amides is 2. The first kappa shape index (κ1) is 58.1. The van der Waals surface area contributed by atoms with Crippen molar-refractivity contribution in [2.24, 2.45) is 7.05 Å². The maximum atomic E-state index is 16.5. The van der Waals surface area contributed by atoms with Gasteiger partial charge in [0.25, 0.3) is 0 Å². The van der Waals surface area contributed by atoms with Crippen molar-refractivity contribution in [3.05, 3.63) is 114 Å². The van der Waals surface area contributed by atoms with Gasteiger partial charge in [0.2, 0.25) is 17.8 Å². The lowest BCUT2D eigenvalue weighted by molar-refractivity contribution is -0.137. The number of likely N-dealkylation sites (tertiary alicyclic amines) is 1. The van der Waals surface area contributed by atoms with Crippen LogP contribution in [0.25, 0.3) is 44.3 Å². The van der Waals surface area contributed by atoms with Gasteiger partial charge in [-0.1, -0.05) is 43.0 Å². The fourth-order valence-electron chi connectivity index (χ4n) is 10.0. The molecule has 2 aliphatic heterocycles. The van der Waals surface area contributed by atoms with Crippen molar-refractivity contribution in [1.29, 1.82) is 0 Å². The Labute approximate surface area is 466 Å². The Morgan fingerprint density at radius 3 is 2.40 bits per heavy atom. The van der Waals surface area contributed by atoms with Gasteiger partial charge in [0, 0.05) is 99.2 Å². The molecule has 9 rings (SSSR count). The molecule has 6 heterocycles. The van der Waals surface area contributed by atoms with Gasteiger partial charge < -0.3 is 54.9 Å². The highest BCUT2D eigenvalue weighted by atomic mass is 35.5. The first-order valence-electron chi connectivity index (χ1n) is 25.8. The Morgan fingerprint density at radius 2 is 1.73 bits per heavy atom. The van der Waals surface area contributed by atoms with E-state index in [1.165, 1.54) is 25.1 Å². The second kappa shape index (κ2) is 24.5. The number of fused-ring (bicyclic) bond motifs is 2. The van der Waals surface area contributed by atoms with Crippen LogP contribution in [0.1, 0.15) is 30.9 Å². The number of para-hydroxylation sites is 1. The lowest BCUT2D eigenvalue weighted by Gasteiger charge is -2.40. The number of rotatable bonds is 16. The molecule has 2 unspecified atom stereocenters. The number of nitrogens with zero attached hydrogens (tertiary/aromatic N) is 11. The molecule has 422 valence electrons. The number of pyridine rings is 1. The number of nitrogens with one attached hydrogen (secondary N) is 2. The van der Waals surface area contributed by atoms with Crippen LogP contribution in [0.15, 0.2) is 92.3 Å². The number of nitrogens with two attached hydrogens (primary N) is 1. The van der Waals surface area contributed by atoms with Crippen molar-refractivity contribution < 1.29 is 36.6 Å². The van der Waals surface area contributed by atoms with Crippen molar-refractivity contribution in [3.8, 4) is 34.3 Å². The van der Waals surface area contributed by atoms with Crippen molar-refractivity contribution in [3.63, 3.8) is 0 Å². The summed E-state index contributed by atoms with van der Waals surface area (Å²) in [6.45, 7) is 14.0. The molecule has 4 aromatic heterocycles. The Kier molecular flexibility index (Phi) is 17.8. The zero-order valence-electron chi connectivity index (χ0n) is 46.0. The first-order valence-corrected chi connectivity index (χ1v) is 26.2. The summed E-state index contributed by atoms with van der Waals surface area (Å²) >= 11 is 6.54. The van der Waals surface area contributed by atoms with E-state index in [2.05, 4.69) is 81.3 Å². The molecular formula is C57H65ClF4N14O4. The number of anilines is 6. The van der Waals surface area contributed by atoms with Gasteiger partial charge >= 0.3 is 12.2 Å². The number of piperazine rings is 1. The van der Waals surface area contributed by atoms with E-state index in [9.17, 15) is 22.8 Å². The molecule has 2 fully saturated rings. The number of hydrogen-bond donors (Lipinski definition) is 3. The van der Waals surface area contributed by atoms with Crippen LogP contribution < -0.4 is 35.6 Å². The van der Waals surface area contributed by atoms with Crippen LogP contribution >= 0.6 is 11.6 Å². The van der Waals surface area contributed by atoms with Crippen molar-refractivity contribution in [2.75, 3.05) is 107 Å². The third-order valence-electron chi connectivity index (χ3n) is 14.2. The van der Waals surface area contributed by atoms with Gasteiger partial charge in [-0.25, -0.2) is 19.3 Å². The molecule has 18 nitrogen and oxygen atoms in total. The van der Waals surface area contributed by atoms with Gasteiger partial charge in [0.05, 0.1) is 51.7 Å². The highest BCUT2D eigenvalue weighted by Crippen LogP contribution is 2.45. The summed E-state index contributed by atoms with van der Waals surface area (Å²) in [5.74, 6) is -0.533. The number of carbonyl (C=O) groups is 2. The van der Waals surface area contributed by atoms with Gasteiger partial charge in [-0.2, -0.15) is 23.1 Å². The molecule has 0 spiro atoms. The molecular weight excluding hydrogens is 1060 g/mol. The fourth-order valence-corrected chi connectivity index (χ4v) is 10.3. The molecule has 2 aliphatic rings. The van der Waals surface area contributed by atoms with Crippen LogP contribution in [-0.4, -0.2) is 149 Å². The molecule has 2 atom stereocenters. The van der Waals surface area contributed by atoms with E-state index >= 15 is 4.39 Å². The second-order valence-corrected chi connectivity index (χ2v) is 20.4. The van der Waals surface area contributed by atoms with Gasteiger partial charge in [0.15, 0.2) is 5.82 Å². The van der Waals surface area contributed by atoms with E-state index in [0.29, 0.717) is 42.7 Å². The minimum Gasteiger partial charge on any atom is -0.494 e. The molecule has 80 heavy (non-hydrogen) atoms. The third-order valence-corrected chi connectivity index (χ3v) is 14.5. The van der Waals surface area contributed by atoms with Crippen LogP contribution in [0, 0.1) is 12.7 Å². The highest BCUT2D eigenvalue weighted by Gasteiger charge is 2.39. The third kappa shape index (κ3) is 12.7. The molecule has 0 saturated carbocycles. The van der Waals surface area contributed by atoms with Crippen molar-refractivity contribution >= 4 is 79.9 Å². The monoisotopic (exact) mass is 1120 g/mol. The molecule has 4 N–H and O–H groups in total. The number of methoxy groups -OCH3 is 1. The quantitative estimate of drug-likeness (QED) is 0.0613. The summed E-state index contributed by atoms with van der Waals surface area (Å²) in [7, 11) is 11.6. The SMILES string of the molecule is C=CC(=O)N1CCN(c2nc(OCC3CCCN3C)nc3c(F)c(-c4nc(N)cc(C)c4C(F)(F)F)c(Cl)cc23)C(C)C1.C=CC(=O)Nc1cc(Nc2nccc(-c3cn(C)c4ccccc34)n2)c(OC)cc1N(C)CCN(C)C. The minimum absolute atomic E-state index is 0.106. The van der Waals surface area contributed by atoms with Crippen LogP contribution in [0.5, 0.6) is 11.8 Å². The maximum Gasteiger partial charge on any atom is 0.418 e. The number of hydrogen-bond acceptors (Lipinski definition) is 15. The topological polar surface area (TPSA) is 188 Å². The van der Waals surface area contributed by atoms with E-state index in [4.69, 9.17) is 31.8 Å². The van der Waals surface area contributed by atoms with Crippen LogP contribution in [-0.2, 0) is 22.8 Å². The number of alkyl halides is 3. The zero-order valence-corrected chi connectivity index (χ0v) is 46.7. The number of halogens is 5. The predicted octanol–water partition coefficient (Wildman–Crippen LogP) is 9.60. The second-order valence-electron chi connectivity index (χ2n) is 20.0. The van der Waals surface area contributed by atoms with Gasteiger partial charge in [-0.05, 0) is 102 Å². The zero-order chi connectivity index (χ0) is 57.7. The summed E-state index contributed by atoms with van der Waals surface area (Å²) in [5, 5.41) is 7.18. The summed E-state index contributed by atoms with van der Waals surface area (Å²) in [4.78, 5) is 56.4. The first-order chi connectivity index (χ1) is 38.1. The molecule has 7 aromatic rings. The van der Waals surface area contributed by atoms with Crippen LogP contribution in [0.2, 0.25) is 5.02 Å². The number of likely N-dealkylation sites (N-methyl/N-ethyl adjacent to an activating group) is 3. The number of aromatic nitrogens is 6. The van der Waals surface area contributed by atoms with Gasteiger partial charge in [0.1, 0.15) is 29.5 Å². The number of carbonyl (C=O) groups excluding carboxylic acids is 2. The number of nitrogen functional groups attached to an aromatic ring is 1. The lowest BCUT2D eigenvalue weighted by atomic mass is 9.99. The highest BCUT2D eigenvalue weighted by molar-refractivity contribution is 6.34. The average molecular weight is 1120 g/mol. The van der Waals surface area contributed by atoms with E-state index in [-0.39, 0.29) is 69.6 Å². The Morgan fingerprint density at radius 1 is 0.963 bits per heavy atom. The normalized spacial score (nSPS) is 15.7. The number of aryl methyl sites for hydroxylation is 2. The molecule has 2 saturated heterocycles. The predicted molar refractivity (Wildman–Crippen MR) is 307 cm³/mol. The van der Waals surface area contributed by atoms with E-state index < -0.39 is 28.8 Å². The molecule has 2 amide bonds. The fraction of sp³-hybridized carbons (Fsp3) is 0.351. The van der Waals surface area contributed by atoms with Crippen molar-refractivity contribution in [2.45, 2.75) is 44.9 Å². The Balaban J connectivity index is 0.000000213. The standard InChI is InChI=1S/C29H32ClF4N7O2.C28H33N7O2/c1-5-21(42)40-9-10-41(16(3)13-40)27-18-12-19(30)22(26-23(29(32,33)34)15(2)11-20(35)36-26)24(31)25(18)37-28(38-27)43-14-17-7-6-8-39(17)4;1-7-27(36)30-22-16-23(26(37-6)17-25(22)34(4)15-14-33(2)3)32-28-29-13-12-21(31-28)20-18-35(5)24-11-9-8-10-19(20)24/h5,11-12,16-17H,1,6-10,13-14H2,2-4H3,(H2,35,36);7-13,16-18H,1,14-15H2,2-6H3,(H,30,36)(H,29,31,32). The Hall–Kier alpha value is -8.08. The number of ether oxygens (including phenoxy) is 2. The number of benzene rings is 3. The minimum atomic E-state index is -4.86. The van der Waals surface area contributed by atoms with Crippen molar-refractivity contribution in [1.82, 2.24) is 44.2 Å². The van der Waals surface area contributed by atoms with Crippen LogP contribution in [0.3, 0.4) is 0 Å². The molecule has 0 radical (unpaired) electrons. The van der Waals surface area contributed by atoms with E-state index in [0.717, 1.165) is 66.4 Å². The maximum absolute atomic E-state index is 16.5. The summed E-state index contributed by atoms with van der Waals surface area (Å²) < 4.78 is 72.8. The smallest absolute Gasteiger partial charge is 0.418 e. The largest absolute Gasteiger partial charge is 0.494 e. The van der Waals surface area contributed by atoms with E-state index in [1.54, 1.807) is 18.2 Å². The Bertz CT molecular complexity index is 3470. The molecule has 3 aromatic carbocycles. The van der Waals surface area contributed by atoms with Gasteiger partial charge in [-0.15, -0.1) is 0 Å². The summed E-state index contributed by atoms with van der Waals surface area (Å²) in [6, 6.07) is 16.0. The van der Waals surface area contributed by atoms with Gasteiger partial charge in [-0.3, -0.25) is 9.59 Å². The summed E-state index contributed by atoms with van der Waals surface area (Å²) in [5.41, 5.74) is 7.89. The lowest BCUT2D eigenvalue weighted by Crippen LogP contribution is -2.53. The van der Waals surface area contributed by atoms with Crippen LogP contribution in [0.4, 0.5) is 52.2 Å². The van der Waals surface area contributed by atoms with E-state index in [1.807, 2.05) is 77.4 Å². The molecule has 0 aliphatic carbocycles.